The summed E-state index contributed by atoms with van der Waals surface area (Å²) in [5.74, 6) is 0.384. The van der Waals surface area contributed by atoms with E-state index in [0.29, 0.717) is 31.5 Å². The number of nitrogens with zero attached hydrogens (tertiary/aromatic N) is 2. The maximum absolute atomic E-state index is 13.0. The molecule has 3 fully saturated rings. The highest BCUT2D eigenvalue weighted by Gasteiger charge is 2.34. The molecule has 7 nitrogen and oxygen atoms in total. The minimum atomic E-state index is -0.306. The fraction of sp³-hybridized carbons (Fsp3) is 0.619. The number of likely N-dealkylation sites (tertiary alicyclic amines) is 1. The number of benzene rings is 1. The van der Waals surface area contributed by atoms with Gasteiger partial charge in [-0.3, -0.25) is 14.5 Å². The molecule has 0 radical (unpaired) electrons. The second-order valence-electron chi connectivity index (χ2n) is 8.09. The predicted octanol–water partition coefficient (Wildman–Crippen LogP) is 1.17. The first-order valence-corrected chi connectivity index (χ1v) is 10.4. The van der Waals surface area contributed by atoms with E-state index in [4.69, 9.17) is 9.47 Å². The number of piperidine rings is 1. The van der Waals surface area contributed by atoms with Crippen molar-refractivity contribution in [2.75, 3.05) is 39.4 Å². The van der Waals surface area contributed by atoms with Gasteiger partial charge < -0.3 is 19.7 Å². The van der Waals surface area contributed by atoms with Crippen LogP contribution in [0.2, 0.25) is 0 Å². The van der Waals surface area contributed by atoms with Gasteiger partial charge in [-0.15, -0.1) is 0 Å². The minimum absolute atomic E-state index is 0.00737. The molecule has 158 valence electrons. The van der Waals surface area contributed by atoms with Crippen LogP contribution in [0.15, 0.2) is 24.3 Å². The highest BCUT2D eigenvalue weighted by atomic mass is 19.1. The molecule has 1 aliphatic carbocycles. The Hall–Kier alpha value is -2.19. The van der Waals surface area contributed by atoms with E-state index in [-0.39, 0.29) is 36.4 Å². The first-order valence-electron chi connectivity index (χ1n) is 10.4. The Morgan fingerprint density at radius 2 is 1.90 bits per heavy atom. The number of ether oxygens (including phenoxy) is 2. The standard InChI is InChI=1S/C21H28FN3O4/c22-15-1-5-18(6-2-15)28-13-19-11-25(21(27)14-29-19)17-7-9-24(10-8-17)12-20(26)23-16-3-4-16/h1-2,5-6,16-17,19H,3-4,7-14H2,(H,23,26)/t19-/m1/s1. The Labute approximate surface area is 170 Å². The van der Waals surface area contributed by atoms with Crippen LogP contribution in [0.3, 0.4) is 0 Å². The molecule has 2 amide bonds. The lowest BCUT2D eigenvalue weighted by atomic mass is 10.0. The molecule has 2 heterocycles. The molecule has 8 heteroatoms. The summed E-state index contributed by atoms with van der Waals surface area (Å²) in [5.41, 5.74) is 0. The number of halogens is 1. The first-order chi connectivity index (χ1) is 14.1. The van der Waals surface area contributed by atoms with E-state index in [1.54, 1.807) is 12.1 Å². The topological polar surface area (TPSA) is 71.1 Å². The van der Waals surface area contributed by atoms with Crippen molar-refractivity contribution in [3.8, 4) is 5.75 Å². The third-order valence-corrected chi connectivity index (χ3v) is 5.72. The van der Waals surface area contributed by atoms with Crippen LogP contribution in [0.1, 0.15) is 25.7 Å². The van der Waals surface area contributed by atoms with Gasteiger partial charge in [-0.05, 0) is 49.9 Å². The second kappa shape index (κ2) is 9.09. The molecule has 0 spiro atoms. The second-order valence-corrected chi connectivity index (χ2v) is 8.09. The van der Waals surface area contributed by atoms with Crippen molar-refractivity contribution < 1.29 is 23.5 Å². The third-order valence-electron chi connectivity index (χ3n) is 5.72. The van der Waals surface area contributed by atoms with E-state index in [9.17, 15) is 14.0 Å². The monoisotopic (exact) mass is 405 g/mol. The van der Waals surface area contributed by atoms with Crippen LogP contribution in [0.25, 0.3) is 0 Å². The molecule has 4 rings (SSSR count). The summed E-state index contributed by atoms with van der Waals surface area (Å²) < 4.78 is 24.3. The number of morpholine rings is 1. The van der Waals surface area contributed by atoms with E-state index in [0.717, 1.165) is 38.8 Å². The van der Waals surface area contributed by atoms with Crippen LogP contribution < -0.4 is 10.1 Å². The summed E-state index contributed by atoms with van der Waals surface area (Å²) in [4.78, 5) is 28.4. The number of hydrogen-bond donors (Lipinski definition) is 1. The molecule has 1 atom stereocenters. The maximum Gasteiger partial charge on any atom is 0.248 e. The highest BCUT2D eigenvalue weighted by molar-refractivity contribution is 5.79. The smallest absolute Gasteiger partial charge is 0.248 e. The van der Waals surface area contributed by atoms with E-state index >= 15 is 0 Å². The van der Waals surface area contributed by atoms with Crippen LogP contribution in [-0.4, -0.2) is 79.2 Å². The Kier molecular flexibility index (Phi) is 6.30. The van der Waals surface area contributed by atoms with Crippen LogP contribution in [0, 0.1) is 5.82 Å². The average Bonchev–Trinajstić information content (AvgIpc) is 3.53. The summed E-state index contributed by atoms with van der Waals surface area (Å²) >= 11 is 0. The number of rotatable bonds is 7. The molecule has 0 unspecified atom stereocenters. The van der Waals surface area contributed by atoms with Gasteiger partial charge >= 0.3 is 0 Å². The lowest BCUT2D eigenvalue weighted by molar-refractivity contribution is -0.155. The molecule has 2 aliphatic heterocycles. The van der Waals surface area contributed by atoms with Gasteiger partial charge in [0.15, 0.2) is 0 Å². The van der Waals surface area contributed by atoms with Gasteiger partial charge in [0.2, 0.25) is 11.8 Å². The summed E-state index contributed by atoms with van der Waals surface area (Å²) in [6.45, 7) is 2.92. The largest absolute Gasteiger partial charge is 0.491 e. The molecule has 1 N–H and O–H groups in total. The van der Waals surface area contributed by atoms with E-state index in [1.807, 2.05) is 4.90 Å². The zero-order valence-electron chi connectivity index (χ0n) is 16.5. The normalized spacial score (nSPS) is 23.8. The van der Waals surface area contributed by atoms with Gasteiger partial charge in [0.1, 0.15) is 30.9 Å². The Morgan fingerprint density at radius 3 is 2.59 bits per heavy atom. The van der Waals surface area contributed by atoms with E-state index in [1.165, 1.54) is 12.1 Å². The summed E-state index contributed by atoms with van der Waals surface area (Å²) in [6, 6.07) is 6.42. The summed E-state index contributed by atoms with van der Waals surface area (Å²) in [6.07, 6.45) is 3.69. The molecule has 1 aromatic carbocycles. The summed E-state index contributed by atoms with van der Waals surface area (Å²) in [5, 5.41) is 3.02. The van der Waals surface area contributed by atoms with Crippen LogP contribution >= 0.6 is 0 Å². The number of carbonyl (C=O) groups is 2. The zero-order chi connectivity index (χ0) is 20.2. The van der Waals surface area contributed by atoms with Gasteiger partial charge in [-0.1, -0.05) is 0 Å². The third kappa shape index (κ3) is 5.67. The molecule has 3 aliphatic rings. The van der Waals surface area contributed by atoms with Crippen molar-refractivity contribution in [2.24, 2.45) is 0 Å². The van der Waals surface area contributed by atoms with Gasteiger partial charge in [0.05, 0.1) is 13.1 Å². The molecule has 0 bridgehead atoms. The van der Waals surface area contributed by atoms with Crippen molar-refractivity contribution in [2.45, 2.75) is 43.9 Å². The van der Waals surface area contributed by atoms with Gasteiger partial charge in [0, 0.05) is 25.2 Å². The number of nitrogens with one attached hydrogen (secondary N) is 1. The molecular weight excluding hydrogens is 377 g/mol. The van der Waals surface area contributed by atoms with Crippen molar-refractivity contribution in [1.29, 1.82) is 0 Å². The molecule has 29 heavy (non-hydrogen) atoms. The quantitative estimate of drug-likeness (QED) is 0.738. The van der Waals surface area contributed by atoms with E-state index in [2.05, 4.69) is 10.2 Å². The van der Waals surface area contributed by atoms with Gasteiger partial charge in [0.25, 0.3) is 0 Å². The highest BCUT2D eigenvalue weighted by Crippen LogP contribution is 2.22. The lowest BCUT2D eigenvalue weighted by Gasteiger charge is -2.42. The van der Waals surface area contributed by atoms with Crippen molar-refractivity contribution >= 4 is 11.8 Å². The van der Waals surface area contributed by atoms with E-state index < -0.39 is 0 Å². The van der Waals surface area contributed by atoms with Crippen LogP contribution in [0.5, 0.6) is 5.75 Å². The molecule has 1 saturated carbocycles. The summed E-state index contributed by atoms with van der Waals surface area (Å²) in [7, 11) is 0. The molecule has 2 saturated heterocycles. The number of carbonyl (C=O) groups excluding carboxylic acids is 2. The molecule has 1 aromatic rings. The molecule has 0 aromatic heterocycles. The Morgan fingerprint density at radius 1 is 1.17 bits per heavy atom. The lowest BCUT2D eigenvalue weighted by Crippen LogP contribution is -2.56. The Bertz CT molecular complexity index is 717. The van der Waals surface area contributed by atoms with Crippen molar-refractivity contribution in [3.63, 3.8) is 0 Å². The number of hydrogen-bond acceptors (Lipinski definition) is 5. The van der Waals surface area contributed by atoms with Crippen molar-refractivity contribution in [3.05, 3.63) is 30.1 Å². The van der Waals surface area contributed by atoms with Gasteiger partial charge in [-0.25, -0.2) is 4.39 Å². The van der Waals surface area contributed by atoms with Crippen molar-refractivity contribution in [1.82, 2.24) is 15.1 Å². The zero-order valence-corrected chi connectivity index (χ0v) is 16.5. The maximum atomic E-state index is 13.0. The average molecular weight is 405 g/mol. The fourth-order valence-electron chi connectivity index (χ4n) is 3.91. The van der Waals surface area contributed by atoms with Crippen LogP contribution in [-0.2, 0) is 14.3 Å². The molecular formula is C21H28FN3O4. The van der Waals surface area contributed by atoms with Gasteiger partial charge in [-0.2, -0.15) is 0 Å². The predicted molar refractivity (Wildman–Crippen MR) is 104 cm³/mol. The Balaban J connectivity index is 1.22. The first kappa shape index (κ1) is 20.1. The SMILES string of the molecule is O=C(CN1CCC(N2C[C@H](COc3ccc(F)cc3)OCC2=O)CC1)NC1CC1. The van der Waals surface area contributed by atoms with Crippen LogP contribution in [0.4, 0.5) is 4.39 Å². The number of amides is 2. The fourth-order valence-corrected chi connectivity index (χ4v) is 3.91. The minimum Gasteiger partial charge on any atom is -0.491 e.